The number of hydrogen-bond acceptors (Lipinski definition) is 1. The molecule has 0 bridgehead atoms. The molecule has 1 unspecified atom stereocenters. The SMILES string of the molecule is CC(C(=O)O)c1ccc2c(c1F)CCCC2. The van der Waals surface area contributed by atoms with E-state index in [9.17, 15) is 9.18 Å². The summed E-state index contributed by atoms with van der Waals surface area (Å²) in [4.78, 5) is 10.9. The highest BCUT2D eigenvalue weighted by atomic mass is 19.1. The van der Waals surface area contributed by atoms with Gasteiger partial charge in [0.05, 0.1) is 5.92 Å². The topological polar surface area (TPSA) is 37.3 Å². The molecule has 0 spiro atoms. The van der Waals surface area contributed by atoms with E-state index in [0.29, 0.717) is 5.56 Å². The van der Waals surface area contributed by atoms with Crippen molar-refractivity contribution in [3.05, 3.63) is 34.6 Å². The van der Waals surface area contributed by atoms with E-state index in [1.165, 1.54) is 6.92 Å². The van der Waals surface area contributed by atoms with Crippen LogP contribution in [0.2, 0.25) is 0 Å². The molecule has 0 aliphatic heterocycles. The van der Waals surface area contributed by atoms with Crippen LogP contribution in [0.3, 0.4) is 0 Å². The quantitative estimate of drug-likeness (QED) is 0.835. The lowest BCUT2D eigenvalue weighted by Gasteiger charge is -2.19. The maximum Gasteiger partial charge on any atom is 0.310 e. The first-order valence-electron chi connectivity index (χ1n) is 5.64. The van der Waals surface area contributed by atoms with Crippen LogP contribution in [0.4, 0.5) is 4.39 Å². The third-order valence-electron chi connectivity index (χ3n) is 3.33. The van der Waals surface area contributed by atoms with Crippen LogP contribution in [0, 0.1) is 5.82 Å². The molecular weight excluding hydrogens is 207 g/mol. The summed E-state index contributed by atoms with van der Waals surface area (Å²) < 4.78 is 14.1. The molecule has 2 rings (SSSR count). The Morgan fingerprint density at radius 3 is 2.75 bits per heavy atom. The number of carboxylic acid groups (broad SMARTS) is 1. The Kier molecular flexibility index (Phi) is 2.95. The molecule has 0 radical (unpaired) electrons. The van der Waals surface area contributed by atoms with Crippen molar-refractivity contribution in [1.82, 2.24) is 0 Å². The van der Waals surface area contributed by atoms with E-state index >= 15 is 0 Å². The predicted octanol–water partition coefficient (Wildman–Crippen LogP) is 2.89. The van der Waals surface area contributed by atoms with Crippen molar-refractivity contribution in [3.8, 4) is 0 Å². The van der Waals surface area contributed by atoms with Crippen molar-refractivity contribution in [2.75, 3.05) is 0 Å². The minimum Gasteiger partial charge on any atom is -0.481 e. The molecule has 1 N–H and O–H groups in total. The van der Waals surface area contributed by atoms with Gasteiger partial charge in [0.1, 0.15) is 5.82 Å². The zero-order valence-corrected chi connectivity index (χ0v) is 9.29. The number of fused-ring (bicyclic) bond motifs is 1. The van der Waals surface area contributed by atoms with Crippen LogP contribution < -0.4 is 0 Å². The van der Waals surface area contributed by atoms with E-state index in [1.54, 1.807) is 6.07 Å². The van der Waals surface area contributed by atoms with E-state index in [2.05, 4.69) is 0 Å². The molecule has 3 heteroatoms. The molecule has 2 nitrogen and oxygen atoms in total. The summed E-state index contributed by atoms with van der Waals surface area (Å²) in [5, 5.41) is 8.90. The Labute approximate surface area is 94.1 Å². The summed E-state index contributed by atoms with van der Waals surface area (Å²) >= 11 is 0. The Hall–Kier alpha value is -1.38. The van der Waals surface area contributed by atoms with Gasteiger partial charge in [-0.2, -0.15) is 0 Å². The molecule has 16 heavy (non-hydrogen) atoms. The molecule has 0 amide bonds. The van der Waals surface area contributed by atoms with Crippen LogP contribution >= 0.6 is 0 Å². The molecule has 0 fully saturated rings. The van der Waals surface area contributed by atoms with Crippen molar-refractivity contribution >= 4 is 5.97 Å². The first-order chi connectivity index (χ1) is 7.61. The monoisotopic (exact) mass is 222 g/mol. The first kappa shape index (κ1) is 11.1. The second kappa shape index (κ2) is 4.24. The molecule has 1 atom stereocenters. The summed E-state index contributed by atoms with van der Waals surface area (Å²) in [7, 11) is 0. The van der Waals surface area contributed by atoms with Gasteiger partial charge in [-0.05, 0) is 43.7 Å². The van der Waals surface area contributed by atoms with Crippen LogP contribution in [0.1, 0.15) is 42.4 Å². The molecule has 0 heterocycles. The molecule has 1 aromatic rings. The van der Waals surface area contributed by atoms with Crippen LogP contribution in [-0.4, -0.2) is 11.1 Å². The van der Waals surface area contributed by atoms with Crippen molar-refractivity contribution in [2.24, 2.45) is 0 Å². The highest BCUT2D eigenvalue weighted by Gasteiger charge is 2.22. The fourth-order valence-electron chi connectivity index (χ4n) is 2.27. The van der Waals surface area contributed by atoms with Gasteiger partial charge >= 0.3 is 5.97 Å². The maximum atomic E-state index is 14.1. The summed E-state index contributed by atoms with van der Waals surface area (Å²) in [6.45, 7) is 1.52. The molecule has 1 aliphatic rings. The number of hydrogen-bond donors (Lipinski definition) is 1. The number of rotatable bonds is 2. The van der Waals surface area contributed by atoms with Crippen molar-refractivity contribution in [2.45, 2.75) is 38.5 Å². The van der Waals surface area contributed by atoms with Crippen LogP contribution in [-0.2, 0) is 17.6 Å². The number of aryl methyl sites for hydroxylation is 1. The van der Waals surface area contributed by atoms with E-state index in [0.717, 1.165) is 36.8 Å². The third-order valence-corrected chi connectivity index (χ3v) is 3.33. The standard InChI is InChI=1S/C13H15FO2/c1-8(13(15)16)10-7-6-9-4-2-3-5-11(9)12(10)14/h6-8H,2-5H2,1H3,(H,15,16). The highest BCUT2D eigenvalue weighted by Crippen LogP contribution is 2.29. The van der Waals surface area contributed by atoms with Gasteiger partial charge < -0.3 is 5.11 Å². The van der Waals surface area contributed by atoms with Gasteiger partial charge in [-0.3, -0.25) is 4.79 Å². The number of benzene rings is 1. The number of aliphatic carboxylic acids is 1. The van der Waals surface area contributed by atoms with Gasteiger partial charge in [-0.15, -0.1) is 0 Å². The van der Waals surface area contributed by atoms with Gasteiger partial charge in [-0.25, -0.2) is 4.39 Å². The number of carbonyl (C=O) groups is 1. The van der Waals surface area contributed by atoms with E-state index in [4.69, 9.17) is 5.11 Å². The minimum absolute atomic E-state index is 0.299. The molecule has 86 valence electrons. The van der Waals surface area contributed by atoms with Gasteiger partial charge in [0.2, 0.25) is 0 Å². The fourth-order valence-corrected chi connectivity index (χ4v) is 2.27. The van der Waals surface area contributed by atoms with Gasteiger partial charge in [0.15, 0.2) is 0 Å². The normalized spacial score (nSPS) is 16.6. The molecule has 1 aliphatic carbocycles. The lowest BCUT2D eigenvalue weighted by Crippen LogP contribution is -2.13. The second-order valence-electron chi connectivity index (χ2n) is 4.37. The zero-order chi connectivity index (χ0) is 11.7. The highest BCUT2D eigenvalue weighted by molar-refractivity contribution is 5.75. The van der Waals surface area contributed by atoms with Crippen molar-refractivity contribution in [1.29, 1.82) is 0 Å². The largest absolute Gasteiger partial charge is 0.481 e. The average molecular weight is 222 g/mol. The van der Waals surface area contributed by atoms with E-state index in [1.807, 2.05) is 6.07 Å². The first-order valence-corrected chi connectivity index (χ1v) is 5.64. The van der Waals surface area contributed by atoms with E-state index in [-0.39, 0.29) is 5.82 Å². The van der Waals surface area contributed by atoms with Crippen molar-refractivity contribution < 1.29 is 14.3 Å². The number of halogens is 1. The van der Waals surface area contributed by atoms with Gasteiger partial charge in [0.25, 0.3) is 0 Å². The Morgan fingerprint density at radius 1 is 1.38 bits per heavy atom. The molecular formula is C13H15FO2. The summed E-state index contributed by atoms with van der Waals surface area (Å²) in [5.74, 6) is -2.05. The molecule has 0 saturated carbocycles. The molecule has 0 saturated heterocycles. The molecule has 0 aromatic heterocycles. The van der Waals surface area contributed by atoms with Gasteiger partial charge in [-0.1, -0.05) is 12.1 Å². The predicted molar refractivity (Wildman–Crippen MR) is 59.1 cm³/mol. The summed E-state index contributed by atoms with van der Waals surface area (Å²) in [6, 6.07) is 3.50. The Bertz CT molecular complexity index is 426. The Balaban J connectivity index is 2.45. The average Bonchev–Trinajstić information content (AvgIpc) is 2.29. The smallest absolute Gasteiger partial charge is 0.310 e. The zero-order valence-electron chi connectivity index (χ0n) is 9.29. The summed E-state index contributed by atoms with van der Waals surface area (Å²) in [5.41, 5.74) is 2.09. The van der Waals surface area contributed by atoms with E-state index < -0.39 is 11.9 Å². The second-order valence-corrected chi connectivity index (χ2v) is 4.37. The fraction of sp³-hybridized carbons (Fsp3) is 0.462. The third kappa shape index (κ3) is 1.82. The Morgan fingerprint density at radius 2 is 2.06 bits per heavy atom. The van der Waals surface area contributed by atoms with Gasteiger partial charge in [0, 0.05) is 5.56 Å². The number of carboxylic acids is 1. The van der Waals surface area contributed by atoms with Crippen molar-refractivity contribution in [3.63, 3.8) is 0 Å². The summed E-state index contributed by atoms with van der Waals surface area (Å²) in [6.07, 6.45) is 3.74. The maximum absolute atomic E-state index is 14.1. The van der Waals surface area contributed by atoms with Crippen LogP contribution in [0.25, 0.3) is 0 Å². The molecule has 1 aromatic carbocycles. The van der Waals surface area contributed by atoms with Crippen LogP contribution in [0.5, 0.6) is 0 Å². The lowest BCUT2D eigenvalue weighted by atomic mass is 9.87. The lowest BCUT2D eigenvalue weighted by molar-refractivity contribution is -0.138. The van der Waals surface area contributed by atoms with Crippen LogP contribution in [0.15, 0.2) is 12.1 Å². The minimum atomic E-state index is -0.977.